The highest BCUT2D eigenvalue weighted by atomic mass is 16.5. The lowest BCUT2D eigenvalue weighted by molar-refractivity contribution is 0.0958. The molecule has 24 heavy (non-hydrogen) atoms. The van der Waals surface area contributed by atoms with E-state index in [4.69, 9.17) is 11.2 Å². The molecule has 6 heteroatoms. The number of rotatable bonds is 5. The Bertz CT molecular complexity index is 582. The van der Waals surface area contributed by atoms with Gasteiger partial charge in [0.1, 0.15) is 5.82 Å². The topological polar surface area (TPSA) is 57.7 Å². The number of nitrogens with one attached hydrogen (secondary N) is 1. The second-order valence-corrected chi connectivity index (χ2v) is 6.31. The maximum Gasteiger partial charge on any atom is 0.253 e. The van der Waals surface area contributed by atoms with Crippen LogP contribution in [-0.2, 0) is 4.74 Å². The zero-order chi connectivity index (χ0) is 16.8. The molecule has 2 aliphatic heterocycles. The van der Waals surface area contributed by atoms with Gasteiger partial charge in [0.25, 0.3) is 5.91 Å². The zero-order valence-corrected chi connectivity index (χ0v) is 13.9. The third-order valence-electron chi connectivity index (χ3n) is 4.60. The number of nitrogens with zero attached hydrogens (tertiary/aromatic N) is 3. The molecular weight excluding hydrogens is 304 g/mol. The van der Waals surface area contributed by atoms with E-state index in [1.54, 1.807) is 12.3 Å². The summed E-state index contributed by atoms with van der Waals surface area (Å²) in [6.45, 7) is 7.20. The molecule has 0 aromatic carbocycles. The van der Waals surface area contributed by atoms with Gasteiger partial charge in [-0.3, -0.25) is 9.69 Å². The van der Waals surface area contributed by atoms with Gasteiger partial charge in [-0.05, 0) is 24.5 Å². The summed E-state index contributed by atoms with van der Waals surface area (Å²) in [6.07, 6.45) is 7.94. The number of terminal acetylenes is 1. The first-order chi connectivity index (χ1) is 11.8. The maximum atomic E-state index is 11.8. The fraction of sp³-hybridized carbons (Fsp3) is 0.556. The predicted octanol–water partition coefficient (Wildman–Crippen LogP) is 0.603. The number of anilines is 1. The van der Waals surface area contributed by atoms with E-state index in [1.165, 1.54) is 6.42 Å². The lowest BCUT2D eigenvalue weighted by Crippen LogP contribution is -2.48. The Kier molecular flexibility index (Phi) is 5.68. The standard InChI is InChI=1S/C18H24N4O2/c1-2-6-19-18(23)16-3-4-17(20-12-16)22-9-7-21(8-10-22)13-15-5-11-24-14-15/h1,3-4,12,15H,5-11,13-14H2,(H,19,23). The van der Waals surface area contributed by atoms with Gasteiger partial charge in [-0.25, -0.2) is 4.98 Å². The van der Waals surface area contributed by atoms with Crippen molar-refractivity contribution < 1.29 is 9.53 Å². The molecule has 3 heterocycles. The van der Waals surface area contributed by atoms with Gasteiger partial charge >= 0.3 is 0 Å². The van der Waals surface area contributed by atoms with Crippen molar-refractivity contribution in [3.63, 3.8) is 0 Å². The molecule has 128 valence electrons. The second kappa shape index (κ2) is 8.13. The molecule has 1 aromatic heterocycles. The van der Waals surface area contributed by atoms with Crippen molar-refractivity contribution in [1.29, 1.82) is 0 Å². The van der Waals surface area contributed by atoms with Crippen LogP contribution in [0.2, 0.25) is 0 Å². The van der Waals surface area contributed by atoms with Crippen molar-refractivity contribution in [3.8, 4) is 12.3 Å². The van der Waals surface area contributed by atoms with E-state index in [1.807, 2.05) is 6.07 Å². The van der Waals surface area contributed by atoms with E-state index in [0.717, 1.165) is 51.8 Å². The highest BCUT2D eigenvalue weighted by Crippen LogP contribution is 2.17. The number of hydrogen-bond donors (Lipinski definition) is 1. The Hall–Kier alpha value is -2.10. The lowest BCUT2D eigenvalue weighted by Gasteiger charge is -2.36. The van der Waals surface area contributed by atoms with Crippen molar-refractivity contribution in [2.24, 2.45) is 5.92 Å². The molecule has 0 aliphatic carbocycles. The van der Waals surface area contributed by atoms with E-state index in [9.17, 15) is 4.79 Å². The molecule has 1 aromatic rings. The summed E-state index contributed by atoms with van der Waals surface area (Å²) in [5.41, 5.74) is 0.536. The summed E-state index contributed by atoms with van der Waals surface area (Å²) in [7, 11) is 0. The summed E-state index contributed by atoms with van der Waals surface area (Å²) in [4.78, 5) is 21.0. The molecule has 0 bridgehead atoms. The number of aromatic nitrogens is 1. The highest BCUT2D eigenvalue weighted by molar-refractivity contribution is 5.94. The molecule has 6 nitrogen and oxygen atoms in total. The Morgan fingerprint density at radius 3 is 2.83 bits per heavy atom. The lowest BCUT2D eigenvalue weighted by atomic mass is 10.1. The number of carbonyl (C=O) groups excluding carboxylic acids is 1. The van der Waals surface area contributed by atoms with Gasteiger partial charge in [-0.1, -0.05) is 5.92 Å². The molecule has 0 radical (unpaired) electrons. The van der Waals surface area contributed by atoms with Crippen LogP contribution in [0.5, 0.6) is 0 Å². The van der Waals surface area contributed by atoms with Gasteiger partial charge in [-0.15, -0.1) is 6.42 Å². The number of pyridine rings is 1. The molecule has 3 rings (SSSR count). The van der Waals surface area contributed by atoms with Gasteiger partial charge in [-0.2, -0.15) is 0 Å². The minimum atomic E-state index is -0.185. The third kappa shape index (κ3) is 4.25. The molecule has 1 unspecified atom stereocenters. The van der Waals surface area contributed by atoms with Crippen LogP contribution >= 0.6 is 0 Å². The monoisotopic (exact) mass is 328 g/mol. The molecule has 2 saturated heterocycles. The number of carbonyl (C=O) groups is 1. The molecule has 2 aliphatic rings. The Morgan fingerprint density at radius 1 is 1.38 bits per heavy atom. The predicted molar refractivity (Wildman–Crippen MR) is 93.0 cm³/mol. The highest BCUT2D eigenvalue weighted by Gasteiger charge is 2.23. The fourth-order valence-electron chi connectivity index (χ4n) is 3.19. The third-order valence-corrected chi connectivity index (χ3v) is 4.60. The Balaban J connectivity index is 1.49. The van der Waals surface area contributed by atoms with Crippen LogP contribution in [0.1, 0.15) is 16.8 Å². The van der Waals surface area contributed by atoms with Crippen molar-refractivity contribution >= 4 is 11.7 Å². The average Bonchev–Trinajstić information content (AvgIpc) is 3.13. The summed E-state index contributed by atoms with van der Waals surface area (Å²) >= 11 is 0. The van der Waals surface area contributed by atoms with Crippen molar-refractivity contribution in [2.45, 2.75) is 6.42 Å². The van der Waals surface area contributed by atoms with Gasteiger partial charge < -0.3 is 15.0 Å². The first-order valence-corrected chi connectivity index (χ1v) is 8.49. The summed E-state index contributed by atoms with van der Waals surface area (Å²) < 4.78 is 5.45. The number of hydrogen-bond acceptors (Lipinski definition) is 5. The van der Waals surface area contributed by atoms with Crippen molar-refractivity contribution in [3.05, 3.63) is 23.9 Å². The molecular formula is C18H24N4O2. The van der Waals surface area contributed by atoms with Crippen LogP contribution < -0.4 is 10.2 Å². The molecule has 1 amide bonds. The number of amides is 1. The molecule has 1 N–H and O–H groups in total. The molecule has 0 spiro atoms. The van der Waals surface area contributed by atoms with Crippen molar-refractivity contribution in [2.75, 3.05) is 57.4 Å². The quantitative estimate of drug-likeness (QED) is 0.803. The Morgan fingerprint density at radius 2 is 2.21 bits per heavy atom. The molecule has 0 saturated carbocycles. The maximum absolute atomic E-state index is 11.8. The normalized spacial score (nSPS) is 21.5. The van der Waals surface area contributed by atoms with E-state index >= 15 is 0 Å². The van der Waals surface area contributed by atoms with Gasteiger partial charge in [0, 0.05) is 45.5 Å². The second-order valence-electron chi connectivity index (χ2n) is 6.31. The van der Waals surface area contributed by atoms with E-state index in [0.29, 0.717) is 11.5 Å². The van der Waals surface area contributed by atoms with E-state index in [2.05, 4.69) is 26.0 Å². The fourth-order valence-corrected chi connectivity index (χ4v) is 3.19. The molecule has 1 atom stereocenters. The van der Waals surface area contributed by atoms with Crippen LogP contribution in [0.15, 0.2) is 18.3 Å². The Labute approximate surface area is 143 Å². The summed E-state index contributed by atoms with van der Waals surface area (Å²) in [6, 6.07) is 3.71. The van der Waals surface area contributed by atoms with Crippen LogP contribution in [0.3, 0.4) is 0 Å². The van der Waals surface area contributed by atoms with Crippen LogP contribution in [0, 0.1) is 18.3 Å². The van der Waals surface area contributed by atoms with Crippen molar-refractivity contribution in [1.82, 2.24) is 15.2 Å². The van der Waals surface area contributed by atoms with E-state index in [-0.39, 0.29) is 12.5 Å². The molecule has 2 fully saturated rings. The van der Waals surface area contributed by atoms with Gasteiger partial charge in [0.2, 0.25) is 0 Å². The zero-order valence-electron chi connectivity index (χ0n) is 13.9. The summed E-state index contributed by atoms with van der Waals surface area (Å²) in [5, 5.41) is 2.64. The SMILES string of the molecule is C#CCNC(=O)c1ccc(N2CCN(CC3CCOC3)CC2)nc1. The van der Waals surface area contributed by atoms with Crippen LogP contribution in [0.25, 0.3) is 0 Å². The van der Waals surface area contributed by atoms with Crippen LogP contribution in [-0.4, -0.2) is 68.3 Å². The number of piperazine rings is 1. The minimum Gasteiger partial charge on any atom is -0.381 e. The van der Waals surface area contributed by atoms with Gasteiger partial charge in [0.15, 0.2) is 0 Å². The van der Waals surface area contributed by atoms with Crippen LogP contribution in [0.4, 0.5) is 5.82 Å². The van der Waals surface area contributed by atoms with E-state index < -0.39 is 0 Å². The minimum absolute atomic E-state index is 0.185. The largest absolute Gasteiger partial charge is 0.381 e. The average molecular weight is 328 g/mol. The first-order valence-electron chi connectivity index (χ1n) is 8.49. The first kappa shape index (κ1) is 16.7. The summed E-state index contributed by atoms with van der Waals surface area (Å²) in [5.74, 6) is 3.82. The number of ether oxygens (including phenoxy) is 1. The smallest absolute Gasteiger partial charge is 0.253 e. The van der Waals surface area contributed by atoms with Gasteiger partial charge in [0.05, 0.1) is 18.7 Å².